The number of hydrogen-bond donors (Lipinski definition) is 2. The molecule has 2 unspecified atom stereocenters. The van der Waals surface area contributed by atoms with Gasteiger partial charge in [0.15, 0.2) is 0 Å². The van der Waals surface area contributed by atoms with E-state index in [1.54, 1.807) is 6.20 Å². The molecular weight excluding hydrogens is 496 g/mol. The van der Waals surface area contributed by atoms with Gasteiger partial charge in [-0.25, -0.2) is 0 Å². The maximum absolute atomic E-state index is 12.4. The number of nitrogens with zero attached hydrogens (tertiary/aromatic N) is 5. The number of nitrogens with one attached hydrogen (secondary N) is 1. The highest BCUT2D eigenvalue weighted by Crippen LogP contribution is 2.46. The highest BCUT2D eigenvalue weighted by atomic mass is 16.5. The van der Waals surface area contributed by atoms with E-state index in [4.69, 9.17) is 4.52 Å². The number of carbonyl (C=O) groups excluding carboxylic acids is 2. The fourth-order valence-electron chi connectivity index (χ4n) is 5.90. The molecule has 2 N–H and O–H groups in total. The zero-order valence-electron chi connectivity index (χ0n) is 21.9. The number of imide groups is 1. The van der Waals surface area contributed by atoms with Gasteiger partial charge in [-0.15, -0.1) is 0 Å². The topological polar surface area (TPSA) is 134 Å². The van der Waals surface area contributed by atoms with Crippen LogP contribution in [-0.2, 0) is 21.7 Å². The molecule has 0 saturated carbocycles. The average molecular weight is 527 g/mol. The van der Waals surface area contributed by atoms with Crippen LogP contribution in [0.25, 0.3) is 22.4 Å². The van der Waals surface area contributed by atoms with Crippen molar-refractivity contribution in [2.24, 2.45) is 5.41 Å². The van der Waals surface area contributed by atoms with Crippen molar-refractivity contribution >= 4 is 22.7 Å². The second-order valence-electron chi connectivity index (χ2n) is 11.2. The van der Waals surface area contributed by atoms with Crippen LogP contribution in [0.5, 0.6) is 0 Å². The van der Waals surface area contributed by atoms with E-state index in [0.29, 0.717) is 37.3 Å². The standard InChI is InChI=1S/C29H30N6O4/c1-28(2)16-35(15-18-3-6-24(30-13-18)26-32-17-39-34-26)10-9-29(28,38)21-4-7-23-19(12-21)11-20(14-31-23)22-5-8-25(36)33-27(22)37/h3-4,6-7,11-14,17,22,38H,5,8-10,15-16H2,1-2H3,(H,33,36,37). The number of pyridine rings is 2. The Morgan fingerprint density at radius 1 is 1.10 bits per heavy atom. The molecule has 5 heterocycles. The maximum atomic E-state index is 12.4. The van der Waals surface area contributed by atoms with Crippen LogP contribution in [0, 0.1) is 5.41 Å². The zero-order chi connectivity index (χ0) is 27.2. The first-order valence-electron chi connectivity index (χ1n) is 13.1. The normalized spacial score (nSPS) is 23.6. The van der Waals surface area contributed by atoms with Crippen LogP contribution < -0.4 is 5.32 Å². The summed E-state index contributed by atoms with van der Waals surface area (Å²) < 4.78 is 4.80. The number of amides is 2. The Bertz CT molecular complexity index is 1540. The zero-order valence-corrected chi connectivity index (χ0v) is 21.9. The highest BCUT2D eigenvalue weighted by molar-refractivity contribution is 6.01. The van der Waals surface area contributed by atoms with E-state index in [1.807, 2.05) is 42.6 Å². The molecule has 0 bridgehead atoms. The first-order chi connectivity index (χ1) is 18.7. The number of carbonyl (C=O) groups is 2. The van der Waals surface area contributed by atoms with E-state index >= 15 is 0 Å². The third-order valence-corrected chi connectivity index (χ3v) is 8.17. The first kappa shape index (κ1) is 25.3. The van der Waals surface area contributed by atoms with E-state index in [1.165, 1.54) is 6.39 Å². The lowest BCUT2D eigenvalue weighted by Crippen LogP contribution is -2.55. The smallest absolute Gasteiger partial charge is 0.234 e. The van der Waals surface area contributed by atoms with Crippen molar-refractivity contribution in [2.45, 2.75) is 51.2 Å². The minimum atomic E-state index is -1.04. The Kier molecular flexibility index (Phi) is 6.23. The first-order valence-corrected chi connectivity index (χ1v) is 13.1. The number of rotatable bonds is 5. The van der Waals surface area contributed by atoms with E-state index in [0.717, 1.165) is 40.7 Å². The summed E-state index contributed by atoms with van der Waals surface area (Å²) >= 11 is 0. The number of likely N-dealkylation sites (tertiary alicyclic amines) is 1. The van der Waals surface area contributed by atoms with Gasteiger partial charge in [0.1, 0.15) is 5.69 Å². The van der Waals surface area contributed by atoms with Crippen molar-refractivity contribution in [1.82, 2.24) is 30.3 Å². The van der Waals surface area contributed by atoms with Crippen LogP contribution in [0.1, 0.15) is 55.7 Å². The molecule has 2 aliphatic heterocycles. The molecule has 10 nitrogen and oxygen atoms in total. The van der Waals surface area contributed by atoms with Gasteiger partial charge in [0, 0.05) is 49.2 Å². The van der Waals surface area contributed by atoms with E-state index in [9.17, 15) is 14.7 Å². The summed E-state index contributed by atoms with van der Waals surface area (Å²) in [5.41, 5.74) is 2.67. The molecule has 1 aromatic carbocycles. The number of piperidine rings is 2. The van der Waals surface area contributed by atoms with Crippen LogP contribution in [0.3, 0.4) is 0 Å². The molecule has 6 rings (SSSR count). The summed E-state index contributed by atoms with van der Waals surface area (Å²) in [6.07, 6.45) is 6.18. The van der Waals surface area contributed by atoms with Crippen LogP contribution >= 0.6 is 0 Å². The van der Waals surface area contributed by atoms with Gasteiger partial charge in [-0.05, 0) is 53.8 Å². The minimum absolute atomic E-state index is 0.236. The molecule has 2 atom stereocenters. The summed E-state index contributed by atoms with van der Waals surface area (Å²) in [5, 5.41) is 19.2. The highest BCUT2D eigenvalue weighted by Gasteiger charge is 2.48. The molecule has 2 amide bonds. The lowest BCUT2D eigenvalue weighted by atomic mass is 9.66. The van der Waals surface area contributed by atoms with Crippen molar-refractivity contribution in [1.29, 1.82) is 0 Å². The third kappa shape index (κ3) is 4.70. The van der Waals surface area contributed by atoms with Gasteiger partial charge in [-0.1, -0.05) is 31.1 Å². The molecule has 200 valence electrons. The molecule has 2 fully saturated rings. The fourth-order valence-corrected chi connectivity index (χ4v) is 5.90. The number of fused-ring (bicyclic) bond motifs is 1. The fraction of sp³-hybridized carbons (Fsp3) is 0.379. The molecule has 4 aromatic rings. The molecule has 10 heteroatoms. The number of aromatic nitrogens is 4. The SMILES string of the molecule is CC1(C)CN(Cc2ccc(-c3ncon3)nc2)CCC1(O)c1ccc2ncc(C3CCC(=O)NC3=O)cc2c1. The van der Waals surface area contributed by atoms with Crippen molar-refractivity contribution in [2.75, 3.05) is 13.1 Å². The lowest BCUT2D eigenvalue weighted by molar-refractivity contribution is -0.134. The third-order valence-electron chi connectivity index (χ3n) is 8.17. The summed E-state index contributed by atoms with van der Waals surface area (Å²) in [7, 11) is 0. The minimum Gasteiger partial charge on any atom is -0.385 e. The molecule has 3 aromatic heterocycles. The predicted molar refractivity (Wildman–Crippen MR) is 142 cm³/mol. The second-order valence-corrected chi connectivity index (χ2v) is 11.2. The molecule has 39 heavy (non-hydrogen) atoms. The Labute approximate surface area is 225 Å². The average Bonchev–Trinajstić information content (AvgIpc) is 3.46. The van der Waals surface area contributed by atoms with Crippen LogP contribution in [0.15, 0.2) is 59.7 Å². The van der Waals surface area contributed by atoms with Crippen molar-refractivity contribution in [3.05, 3.63) is 71.9 Å². The predicted octanol–water partition coefficient (Wildman–Crippen LogP) is 3.32. The van der Waals surface area contributed by atoms with Gasteiger partial charge >= 0.3 is 0 Å². The Morgan fingerprint density at radius 3 is 2.69 bits per heavy atom. The molecular formula is C29H30N6O4. The van der Waals surface area contributed by atoms with Crippen molar-refractivity contribution < 1.29 is 19.2 Å². The summed E-state index contributed by atoms with van der Waals surface area (Å²) in [4.78, 5) is 39.4. The summed E-state index contributed by atoms with van der Waals surface area (Å²) in [6.45, 7) is 6.33. The van der Waals surface area contributed by atoms with E-state index < -0.39 is 16.9 Å². The molecule has 2 aliphatic rings. The van der Waals surface area contributed by atoms with Gasteiger partial charge < -0.3 is 9.63 Å². The van der Waals surface area contributed by atoms with Gasteiger partial charge in [0.05, 0.1) is 17.0 Å². The monoisotopic (exact) mass is 526 g/mol. The molecule has 0 spiro atoms. The Hall–Kier alpha value is -4.02. The largest absolute Gasteiger partial charge is 0.385 e. The molecule has 2 saturated heterocycles. The number of benzene rings is 1. The maximum Gasteiger partial charge on any atom is 0.234 e. The van der Waals surface area contributed by atoms with E-state index in [2.05, 4.69) is 44.2 Å². The van der Waals surface area contributed by atoms with Gasteiger partial charge in [0.25, 0.3) is 0 Å². The number of hydrogen-bond acceptors (Lipinski definition) is 9. The van der Waals surface area contributed by atoms with Gasteiger partial charge in [0.2, 0.25) is 24.0 Å². The molecule has 0 aliphatic carbocycles. The molecule has 0 radical (unpaired) electrons. The summed E-state index contributed by atoms with van der Waals surface area (Å²) in [5.74, 6) is -0.460. The van der Waals surface area contributed by atoms with E-state index in [-0.39, 0.29) is 11.8 Å². The van der Waals surface area contributed by atoms with Crippen LogP contribution in [0.2, 0.25) is 0 Å². The van der Waals surface area contributed by atoms with Crippen LogP contribution in [-0.4, -0.2) is 55.0 Å². The second kappa shape index (κ2) is 9.62. The van der Waals surface area contributed by atoms with Gasteiger partial charge in [-0.2, -0.15) is 4.98 Å². The lowest BCUT2D eigenvalue weighted by Gasteiger charge is -2.50. The number of aliphatic hydroxyl groups is 1. The Morgan fingerprint density at radius 2 is 1.97 bits per heavy atom. The van der Waals surface area contributed by atoms with Crippen molar-refractivity contribution in [3.8, 4) is 11.5 Å². The van der Waals surface area contributed by atoms with Crippen molar-refractivity contribution in [3.63, 3.8) is 0 Å². The van der Waals surface area contributed by atoms with Gasteiger partial charge in [-0.3, -0.25) is 29.8 Å². The quantitative estimate of drug-likeness (QED) is 0.376. The Balaban J connectivity index is 1.20. The summed E-state index contributed by atoms with van der Waals surface area (Å²) in [6, 6.07) is 11.7. The van der Waals surface area contributed by atoms with Crippen LogP contribution in [0.4, 0.5) is 0 Å².